The fourth-order valence-corrected chi connectivity index (χ4v) is 11.5. The summed E-state index contributed by atoms with van der Waals surface area (Å²) in [5.74, 6) is -10.7. The maximum absolute atomic E-state index is 14.9. The van der Waals surface area contributed by atoms with Crippen molar-refractivity contribution in [3.8, 4) is 5.75 Å². The van der Waals surface area contributed by atoms with Gasteiger partial charge in [0, 0.05) is 76.6 Å². The van der Waals surface area contributed by atoms with Crippen LogP contribution >= 0.6 is 11.6 Å². The Morgan fingerprint density at radius 1 is 0.566 bits per heavy atom. The van der Waals surface area contributed by atoms with Gasteiger partial charge in [0.1, 0.15) is 66.2 Å². The fourth-order valence-electron chi connectivity index (χ4n) is 11.4. The average molecular weight is 1490 g/mol. The number of amides is 13. The number of phenolic OH excluding ortho intramolecular Hbond substituents is 1. The molecule has 0 aliphatic carbocycles. The van der Waals surface area contributed by atoms with Crippen LogP contribution < -0.4 is 76.1 Å². The minimum absolute atomic E-state index is 0.000209. The molecule has 21 N–H and O–H groups in total. The summed E-state index contributed by atoms with van der Waals surface area (Å²) in [5, 5.41) is 57.0. The van der Waals surface area contributed by atoms with Gasteiger partial charge in [0.25, 0.3) is 5.97 Å². The molecule has 106 heavy (non-hydrogen) atoms. The molecule has 33 nitrogen and oxygen atoms in total. The van der Waals surface area contributed by atoms with E-state index in [0.717, 1.165) is 17.7 Å². The molecule has 34 heteroatoms. The summed E-state index contributed by atoms with van der Waals surface area (Å²) in [7, 11) is 0. The third kappa shape index (κ3) is 29.3. The number of carboxylic acids is 1. The summed E-state index contributed by atoms with van der Waals surface area (Å²) in [6.45, 7) is 6.23. The van der Waals surface area contributed by atoms with Crippen molar-refractivity contribution in [1.29, 1.82) is 0 Å². The van der Waals surface area contributed by atoms with Crippen molar-refractivity contribution in [2.75, 3.05) is 26.2 Å². The topological polar surface area (TPSA) is 535 Å². The van der Waals surface area contributed by atoms with Gasteiger partial charge in [0.05, 0.1) is 6.61 Å². The van der Waals surface area contributed by atoms with Crippen LogP contribution in [0.1, 0.15) is 102 Å². The number of aromatic hydroxyl groups is 1. The molecule has 1 fully saturated rings. The Balaban J connectivity index is 0.00000491. The first-order valence-corrected chi connectivity index (χ1v) is 34.8. The van der Waals surface area contributed by atoms with Crippen molar-refractivity contribution in [1.82, 2.24) is 63.1 Å². The Kier molecular flexibility index (Phi) is 34.5. The molecule has 10 atom stereocenters. The van der Waals surface area contributed by atoms with E-state index in [1.54, 1.807) is 50.2 Å². The third-order valence-electron chi connectivity index (χ3n) is 16.7. The zero-order valence-corrected chi connectivity index (χ0v) is 60.4. The minimum atomic E-state index is -1.85. The number of aliphatic imine (C=N–C) groups is 1. The Morgan fingerprint density at radius 2 is 1.05 bits per heavy atom. The highest BCUT2D eigenvalue weighted by Crippen LogP contribution is 2.22. The van der Waals surface area contributed by atoms with Gasteiger partial charge >= 0.3 is 6.03 Å². The van der Waals surface area contributed by atoms with Gasteiger partial charge in [-0.2, -0.15) is 0 Å². The highest BCUT2D eigenvalue weighted by molar-refractivity contribution is 6.30. The largest absolute Gasteiger partial charge is 0.508 e. The number of halogens is 1. The van der Waals surface area contributed by atoms with E-state index in [1.165, 1.54) is 55.4 Å². The predicted molar refractivity (Wildman–Crippen MR) is 392 cm³/mol. The standard InChI is InChI=1S/C70H92ClN17O14.C2H4O2/c1-39(2)31-52(61(94)82-51(15-9-28-77-69(73)74)68(101)88-30-10-16-58(88)67(100)79-40(3)59(72)92)83-60(93)50(14-8-29-78-70(75)102)81-63(96)54(34-43-20-25-49(91)26-21-43)86-66(99)57(38-89)87-65(98)56(36-45-11-7-27-76-37-45)85-64(97)55(33-42-18-23-48(71)24-19-42)84-62(95)53(80-41(4)90)35-44-17-22-46-12-5-6-13-47(46)32-44;1-2(3)4/h5-7,11-13,17-27,32,37,39-40,50-58,89,91H,8-10,14-16,28-31,33-36,38H2,1-4H3,(H2,72,92)(H,79,100)(H,80,90)(H,81,96)(H,82,94)(H,83,93)(H,84,95)(H,85,97)(H,86,99)(H,87,98)(H4,73,74,77)(H3,75,78,102);1H3,(H,3,4)/t40-,50-,51+,52+,53-,54+,55+,56-,57+,58+;/m1./s1. The second kappa shape index (κ2) is 43.0. The number of likely N-dealkylation sites (tertiary alicyclic amines) is 1. The number of hydrogen-bond acceptors (Lipinski definition) is 17. The summed E-state index contributed by atoms with van der Waals surface area (Å²) in [5.41, 5.74) is 23.9. The van der Waals surface area contributed by atoms with Gasteiger partial charge < -0.3 is 96.3 Å². The van der Waals surface area contributed by atoms with Gasteiger partial charge in [-0.05, 0) is 121 Å². The predicted octanol–water partition coefficient (Wildman–Crippen LogP) is -0.625. The first kappa shape index (κ1) is 85.2. The number of aliphatic hydroxyl groups excluding tert-OH is 1. The van der Waals surface area contributed by atoms with Crippen molar-refractivity contribution >= 4 is 105 Å². The summed E-state index contributed by atoms with van der Waals surface area (Å²) in [4.78, 5) is 185. The van der Waals surface area contributed by atoms with Gasteiger partial charge in [-0.1, -0.05) is 98.2 Å². The highest BCUT2D eigenvalue weighted by atomic mass is 35.5. The average Bonchev–Trinajstić information content (AvgIpc) is 1.47. The lowest BCUT2D eigenvalue weighted by Gasteiger charge is -2.31. The molecule has 0 bridgehead atoms. The van der Waals surface area contributed by atoms with Gasteiger partial charge in [-0.25, -0.2) is 4.79 Å². The molecular formula is C72H96ClN17O16. The number of carbonyl (C=O) groups is 13. The van der Waals surface area contributed by atoms with Crippen LogP contribution in [-0.4, -0.2) is 195 Å². The molecule has 0 radical (unpaired) electrons. The van der Waals surface area contributed by atoms with Gasteiger partial charge in [0.2, 0.25) is 65.0 Å². The van der Waals surface area contributed by atoms with E-state index in [-0.39, 0.29) is 101 Å². The summed E-state index contributed by atoms with van der Waals surface area (Å²) in [6.07, 6.45) is 2.70. The molecule has 0 saturated carbocycles. The van der Waals surface area contributed by atoms with E-state index in [4.69, 9.17) is 44.4 Å². The zero-order valence-electron chi connectivity index (χ0n) is 59.6. The third-order valence-corrected chi connectivity index (χ3v) is 16.9. The smallest absolute Gasteiger partial charge is 0.312 e. The molecule has 6 rings (SSSR count). The van der Waals surface area contributed by atoms with E-state index in [1.807, 2.05) is 42.5 Å². The number of nitrogens with one attached hydrogen (secondary N) is 10. The molecule has 2 heterocycles. The molecule has 4 aromatic carbocycles. The van der Waals surface area contributed by atoms with Crippen LogP contribution in [-0.2, 0) is 83.2 Å². The summed E-state index contributed by atoms with van der Waals surface area (Å²) in [6, 6.07) is 13.5. The zero-order chi connectivity index (χ0) is 78.2. The molecule has 1 aliphatic heterocycles. The molecule has 1 aliphatic rings. The summed E-state index contributed by atoms with van der Waals surface area (Å²) >= 11 is 6.23. The Labute approximate surface area is 617 Å². The van der Waals surface area contributed by atoms with Crippen LogP contribution in [0, 0.1) is 5.92 Å². The van der Waals surface area contributed by atoms with Gasteiger partial charge in [-0.3, -0.25) is 67.5 Å². The monoisotopic (exact) mass is 1490 g/mol. The lowest BCUT2D eigenvalue weighted by molar-refractivity contribution is -0.142. The van der Waals surface area contributed by atoms with E-state index in [9.17, 15) is 67.7 Å². The number of urea groups is 1. The fraction of sp³-hybridized carbons (Fsp3) is 0.431. The van der Waals surface area contributed by atoms with Gasteiger partial charge in [0.15, 0.2) is 5.96 Å². The van der Waals surface area contributed by atoms with Crippen LogP contribution in [0.4, 0.5) is 4.79 Å². The molecule has 1 saturated heterocycles. The number of primary amides is 2. The molecule has 572 valence electrons. The second-order valence-electron chi connectivity index (χ2n) is 25.9. The maximum atomic E-state index is 14.9. The van der Waals surface area contributed by atoms with E-state index in [2.05, 4.69) is 63.1 Å². The maximum Gasteiger partial charge on any atom is 0.312 e. The number of aliphatic hydroxyl groups is 1. The number of carboxylic acid groups (broad SMARTS) is 1. The molecule has 0 unspecified atom stereocenters. The van der Waals surface area contributed by atoms with Crippen molar-refractivity contribution in [2.24, 2.45) is 33.8 Å². The molecule has 0 spiro atoms. The number of rotatable bonds is 38. The Hall–Kier alpha value is -11.5. The van der Waals surface area contributed by atoms with Crippen LogP contribution in [0.3, 0.4) is 0 Å². The number of hydrogen-bond donors (Lipinski definition) is 17. The number of pyridine rings is 1. The number of nitrogens with zero attached hydrogens (tertiary/aromatic N) is 3. The van der Waals surface area contributed by atoms with Crippen LogP contribution in [0.2, 0.25) is 5.02 Å². The number of fused-ring (bicyclic) bond motifs is 1. The van der Waals surface area contributed by atoms with Crippen molar-refractivity contribution < 1.29 is 77.6 Å². The lowest BCUT2D eigenvalue weighted by Crippen LogP contribution is -2.61. The number of aromatic nitrogens is 1. The van der Waals surface area contributed by atoms with Crippen molar-refractivity contribution in [3.63, 3.8) is 0 Å². The first-order chi connectivity index (χ1) is 50.3. The highest BCUT2D eigenvalue weighted by Gasteiger charge is 2.40. The normalized spacial score (nSPS) is 14.9. The van der Waals surface area contributed by atoms with Gasteiger partial charge in [-0.15, -0.1) is 0 Å². The van der Waals surface area contributed by atoms with Crippen LogP contribution in [0.5, 0.6) is 5.75 Å². The minimum Gasteiger partial charge on any atom is -0.508 e. The quantitative estimate of drug-likeness (QED) is 0.0133. The number of aliphatic carboxylic acids is 1. The first-order valence-electron chi connectivity index (χ1n) is 34.4. The SMILES string of the molecule is CC(=O)N[C@H](Cc1ccc2ccccc2c1)C(=O)N[C@@H](Cc1ccc(Cl)cc1)C(=O)N[C@H](Cc1cccnc1)C(=O)N[C@@H](CO)C(=O)N[C@@H](Cc1ccc(O)cc1)C(=O)N[C@H](CCCNC(N)=O)C(=O)N[C@@H](CC(C)C)C(=O)N[C@@H](CCCN=C(N)N)C(=O)N1CCC[C@H]1C(=O)N[C@H](C)C(N)=O.CC(=O)O. The van der Waals surface area contributed by atoms with E-state index >= 15 is 0 Å². The Bertz CT molecular complexity index is 3880. The van der Waals surface area contributed by atoms with E-state index < -0.39 is 144 Å². The van der Waals surface area contributed by atoms with Crippen molar-refractivity contribution in [2.45, 2.75) is 166 Å². The molecular weight excluding hydrogens is 1390 g/mol. The Morgan fingerprint density at radius 3 is 1.58 bits per heavy atom. The second-order valence-corrected chi connectivity index (χ2v) is 26.3. The van der Waals surface area contributed by atoms with E-state index in [0.29, 0.717) is 33.7 Å². The summed E-state index contributed by atoms with van der Waals surface area (Å²) < 4.78 is 0. The number of guanidine groups is 1. The molecule has 13 amide bonds. The van der Waals surface area contributed by atoms with Crippen molar-refractivity contribution in [3.05, 3.63) is 143 Å². The molecule has 1 aromatic heterocycles. The number of nitrogens with two attached hydrogens (primary N) is 4. The number of benzene rings is 4. The lowest BCUT2D eigenvalue weighted by atomic mass is 9.99. The van der Waals surface area contributed by atoms with Crippen LogP contribution in [0.25, 0.3) is 10.8 Å². The number of carbonyl (C=O) groups excluding carboxylic acids is 12. The molecule has 5 aromatic rings. The van der Waals surface area contributed by atoms with Crippen LogP contribution in [0.15, 0.2) is 121 Å². The number of phenols is 1.